The Kier molecular flexibility index (Phi) is 2.56. The molecule has 1 N–H and O–H groups in total. The van der Waals surface area contributed by atoms with Crippen LogP contribution in [0, 0.1) is 0 Å². The molecule has 1 saturated carbocycles. The van der Waals surface area contributed by atoms with Gasteiger partial charge in [0.05, 0.1) is 0 Å². The quantitative estimate of drug-likeness (QED) is 0.898. The predicted octanol–water partition coefficient (Wildman–Crippen LogP) is 3.68. The highest BCUT2D eigenvalue weighted by atomic mass is 16.5. The van der Waals surface area contributed by atoms with Crippen molar-refractivity contribution in [2.75, 3.05) is 6.54 Å². The lowest BCUT2D eigenvalue weighted by molar-refractivity contribution is 0.440. The van der Waals surface area contributed by atoms with Crippen LogP contribution in [0.15, 0.2) is 48.5 Å². The maximum atomic E-state index is 6.00. The molecule has 19 heavy (non-hydrogen) atoms. The van der Waals surface area contributed by atoms with Crippen LogP contribution in [-0.4, -0.2) is 12.6 Å². The number of nitrogens with one attached hydrogen (secondary N) is 1. The van der Waals surface area contributed by atoms with Crippen molar-refractivity contribution in [3.8, 4) is 11.5 Å². The predicted molar refractivity (Wildman–Crippen MR) is 75.8 cm³/mol. The molecule has 0 spiro atoms. The molecule has 2 heteroatoms. The molecule has 2 nitrogen and oxygen atoms in total. The van der Waals surface area contributed by atoms with E-state index in [1.165, 1.54) is 24.0 Å². The first-order chi connectivity index (χ1) is 9.42. The van der Waals surface area contributed by atoms with E-state index in [9.17, 15) is 0 Å². The lowest BCUT2D eigenvalue weighted by Crippen LogP contribution is -2.26. The summed E-state index contributed by atoms with van der Waals surface area (Å²) < 4.78 is 6.00. The minimum absolute atomic E-state index is 0.404. The van der Waals surface area contributed by atoms with Crippen molar-refractivity contribution in [3.05, 3.63) is 59.7 Å². The van der Waals surface area contributed by atoms with E-state index in [2.05, 4.69) is 41.7 Å². The highest BCUT2D eigenvalue weighted by Crippen LogP contribution is 2.43. The lowest BCUT2D eigenvalue weighted by Gasteiger charge is -2.28. The Hall–Kier alpha value is -1.80. The number of ether oxygens (including phenoxy) is 1. The van der Waals surface area contributed by atoms with E-state index in [-0.39, 0.29) is 0 Å². The molecule has 2 aromatic rings. The second kappa shape index (κ2) is 4.39. The van der Waals surface area contributed by atoms with E-state index in [0.717, 1.165) is 24.1 Å². The van der Waals surface area contributed by atoms with E-state index in [1.807, 2.05) is 12.1 Å². The fourth-order valence-electron chi connectivity index (χ4n) is 2.80. The third-order valence-corrected chi connectivity index (χ3v) is 4.00. The maximum Gasteiger partial charge on any atom is 0.131 e. The first kappa shape index (κ1) is 11.1. The van der Waals surface area contributed by atoms with Gasteiger partial charge in [-0.25, -0.2) is 0 Å². The van der Waals surface area contributed by atoms with Crippen LogP contribution in [0.5, 0.6) is 11.5 Å². The van der Waals surface area contributed by atoms with Gasteiger partial charge >= 0.3 is 0 Å². The number of fused-ring (bicyclic) bond motifs is 2. The zero-order valence-electron chi connectivity index (χ0n) is 10.8. The highest BCUT2D eigenvalue weighted by molar-refractivity contribution is 5.53. The molecule has 0 radical (unpaired) electrons. The molecule has 1 aliphatic heterocycles. The summed E-state index contributed by atoms with van der Waals surface area (Å²) in [4.78, 5) is 0. The molecule has 0 bridgehead atoms. The van der Waals surface area contributed by atoms with Crippen LogP contribution >= 0.6 is 0 Å². The standard InChI is InChI=1S/C17H17NO/c1-3-7-16-13(5-1)15(11-18-12-9-10-12)14-6-2-4-8-17(14)19-16/h1-8,12,15,18H,9-11H2. The van der Waals surface area contributed by atoms with Crippen molar-refractivity contribution in [2.24, 2.45) is 0 Å². The summed E-state index contributed by atoms with van der Waals surface area (Å²) in [5.74, 6) is 2.41. The summed E-state index contributed by atoms with van der Waals surface area (Å²) in [5, 5.41) is 3.65. The van der Waals surface area contributed by atoms with Crippen molar-refractivity contribution in [1.29, 1.82) is 0 Å². The van der Waals surface area contributed by atoms with Crippen LogP contribution in [0.2, 0.25) is 0 Å². The summed E-state index contributed by atoms with van der Waals surface area (Å²) >= 11 is 0. The van der Waals surface area contributed by atoms with Crippen LogP contribution in [0.3, 0.4) is 0 Å². The van der Waals surface area contributed by atoms with Gasteiger partial charge in [0.15, 0.2) is 0 Å². The summed E-state index contributed by atoms with van der Waals surface area (Å²) in [6.45, 7) is 1.00. The SMILES string of the molecule is c1ccc2c(c1)Oc1ccccc1C2CNC1CC1. The largest absolute Gasteiger partial charge is 0.457 e. The van der Waals surface area contributed by atoms with E-state index < -0.39 is 0 Å². The Morgan fingerprint density at radius 1 is 0.895 bits per heavy atom. The summed E-state index contributed by atoms with van der Waals surface area (Å²) in [6.07, 6.45) is 2.65. The van der Waals surface area contributed by atoms with Crippen LogP contribution < -0.4 is 10.1 Å². The third kappa shape index (κ3) is 2.02. The van der Waals surface area contributed by atoms with Gasteiger partial charge in [0.1, 0.15) is 11.5 Å². The van der Waals surface area contributed by atoms with Gasteiger partial charge < -0.3 is 10.1 Å². The Labute approximate surface area is 113 Å². The van der Waals surface area contributed by atoms with Gasteiger partial charge in [-0.15, -0.1) is 0 Å². The first-order valence-electron chi connectivity index (χ1n) is 7.01. The lowest BCUT2D eigenvalue weighted by atomic mass is 9.88. The normalized spacial score (nSPS) is 17.5. The fraction of sp³-hybridized carbons (Fsp3) is 0.294. The van der Waals surface area contributed by atoms with Gasteiger partial charge in [-0.1, -0.05) is 36.4 Å². The smallest absolute Gasteiger partial charge is 0.131 e. The zero-order chi connectivity index (χ0) is 12.7. The number of hydrogen-bond donors (Lipinski definition) is 1. The van der Waals surface area contributed by atoms with Crippen molar-refractivity contribution < 1.29 is 4.74 Å². The van der Waals surface area contributed by atoms with Crippen molar-refractivity contribution >= 4 is 0 Å². The molecule has 0 amide bonds. The van der Waals surface area contributed by atoms with Gasteiger partial charge in [-0.2, -0.15) is 0 Å². The van der Waals surface area contributed by atoms with Crippen LogP contribution in [0.1, 0.15) is 29.9 Å². The van der Waals surface area contributed by atoms with Gasteiger partial charge in [-0.05, 0) is 25.0 Å². The summed E-state index contributed by atoms with van der Waals surface area (Å²) in [5.41, 5.74) is 2.60. The van der Waals surface area contributed by atoms with E-state index >= 15 is 0 Å². The minimum Gasteiger partial charge on any atom is -0.457 e. The molecule has 1 fully saturated rings. The van der Waals surface area contributed by atoms with Crippen molar-refractivity contribution in [1.82, 2.24) is 5.32 Å². The minimum atomic E-state index is 0.404. The second-order valence-corrected chi connectivity index (χ2v) is 5.41. The van der Waals surface area contributed by atoms with Crippen LogP contribution in [0.4, 0.5) is 0 Å². The molecule has 4 rings (SSSR count). The average Bonchev–Trinajstić information content (AvgIpc) is 3.27. The zero-order valence-corrected chi connectivity index (χ0v) is 10.8. The van der Waals surface area contributed by atoms with E-state index in [4.69, 9.17) is 4.74 Å². The molecule has 0 atom stereocenters. The highest BCUT2D eigenvalue weighted by Gasteiger charge is 2.29. The Morgan fingerprint density at radius 2 is 1.47 bits per heavy atom. The number of benzene rings is 2. The maximum absolute atomic E-state index is 6.00. The second-order valence-electron chi connectivity index (χ2n) is 5.41. The first-order valence-corrected chi connectivity index (χ1v) is 7.01. The van der Waals surface area contributed by atoms with Gasteiger partial charge in [0, 0.05) is 29.6 Å². The molecule has 1 heterocycles. The van der Waals surface area contributed by atoms with Crippen LogP contribution in [0.25, 0.3) is 0 Å². The number of rotatable bonds is 3. The van der Waals surface area contributed by atoms with Crippen LogP contribution in [-0.2, 0) is 0 Å². The van der Waals surface area contributed by atoms with E-state index in [1.54, 1.807) is 0 Å². The summed E-state index contributed by atoms with van der Waals surface area (Å²) in [6, 6.07) is 17.5. The Bertz CT molecular complexity index is 558. The Morgan fingerprint density at radius 3 is 2.05 bits per heavy atom. The Balaban J connectivity index is 1.73. The van der Waals surface area contributed by atoms with Crippen molar-refractivity contribution in [2.45, 2.75) is 24.8 Å². The number of hydrogen-bond acceptors (Lipinski definition) is 2. The average molecular weight is 251 g/mol. The topological polar surface area (TPSA) is 21.3 Å². The van der Waals surface area contributed by atoms with E-state index in [0.29, 0.717) is 5.92 Å². The molecule has 2 aliphatic rings. The molecular formula is C17H17NO. The summed E-state index contributed by atoms with van der Waals surface area (Å²) in [7, 11) is 0. The molecular weight excluding hydrogens is 234 g/mol. The molecule has 0 saturated heterocycles. The molecule has 96 valence electrons. The number of para-hydroxylation sites is 2. The van der Waals surface area contributed by atoms with Gasteiger partial charge in [-0.3, -0.25) is 0 Å². The van der Waals surface area contributed by atoms with Gasteiger partial charge in [0.2, 0.25) is 0 Å². The monoisotopic (exact) mass is 251 g/mol. The molecule has 2 aromatic carbocycles. The third-order valence-electron chi connectivity index (χ3n) is 4.00. The molecule has 1 aliphatic carbocycles. The van der Waals surface area contributed by atoms with Crippen molar-refractivity contribution in [3.63, 3.8) is 0 Å². The van der Waals surface area contributed by atoms with Gasteiger partial charge in [0.25, 0.3) is 0 Å². The molecule has 0 unspecified atom stereocenters. The fourth-order valence-corrected chi connectivity index (χ4v) is 2.80. The molecule has 0 aromatic heterocycles.